The van der Waals surface area contributed by atoms with Gasteiger partial charge in [0.05, 0.1) is 16.7 Å². The van der Waals surface area contributed by atoms with Crippen LogP contribution in [0.2, 0.25) is 5.02 Å². The Bertz CT molecular complexity index is 1340. The molecule has 0 aliphatic carbocycles. The van der Waals surface area contributed by atoms with Gasteiger partial charge < -0.3 is 0 Å². The number of aromatic nitrogens is 4. The van der Waals surface area contributed by atoms with Crippen molar-refractivity contribution >= 4 is 49.9 Å². The van der Waals surface area contributed by atoms with Gasteiger partial charge in [0.2, 0.25) is 0 Å². The lowest BCUT2D eigenvalue weighted by Crippen LogP contribution is -2.01. The van der Waals surface area contributed by atoms with Crippen LogP contribution in [-0.4, -0.2) is 19.5 Å². The second kappa shape index (κ2) is 6.69. The van der Waals surface area contributed by atoms with Crippen molar-refractivity contribution in [3.63, 3.8) is 0 Å². The third kappa shape index (κ3) is 2.87. The van der Waals surface area contributed by atoms with E-state index >= 15 is 0 Å². The molecule has 0 saturated heterocycles. The van der Waals surface area contributed by atoms with Gasteiger partial charge in [-0.25, -0.2) is 15.0 Å². The Morgan fingerprint density at radius 3 is 2.29 bits per heavy atom. The van der Waals surface area contributed by atoms with E-state index in [9.17, 15) is 0 Å². The minimum Gasteiger partial charge on any atom is -0.275 e. The highest BCUT2D eigenvalue weighted by molar-refractivity contribution is 9.10. The maximum absolute atomic E-state index is 6.09. The molecular weight excluding hydrogens is 436 g/mol. The zero-order valence-electron chi connectivity index (χ0n) is 14.9. The van der Waals surface area contributed by atoms with Crippen LogP contribution in [0.1, 0.15) is 5.56 Å². The molecule has 5 rings (SSSR count). The van der Waals surface area contributed by atoms with Crippen molar-refractivity contribution in [2.45, 2.75) is 6.92 Å². The number of halogens is 2. The molecule has 0 unspecified atom stereocenters. The van der Waals surface area contributed by atoms with Crippen molar-refractivity contribution in [2.24, 2.45) is 0 Å². The van der Waals surface area contributed by atoms with Crippen molar-refractivity contribution in [3.05, 3.63) is 81.8 Å². The molecule has 3 aromatic carbocycles. The first-order valence-corrected chi connectivity index (χ1v) is 9.95. The zero-order valence-corrected chi connectivity index (χ0v) is 17.2. The number of fused-ring (bicyclic) bond motifs is 2. The number of hydrogen-bond donors (Lipinski definition) is 0. The number of nitrogens with zero attached hydrogens (tertiary/aromatic N) is 4. The fourth-order valence-electron chi connectivity index (χ4n) is 3.35. The highest BCUT2D eigenvalue weighted by Gasteiger charge is 2.18. The lowest BCUT2D eigenvalue weighted by Gasteiger charge is -2.12. The van der Waals surface area contributed by atoms with Crippen LogP contribution in [0.5, 0.6) is 0 Å². The molecule has 0 saturated carbocycles. The fraction of sp³-hybridized carbons (Fsp3) is 0.0455. The Labute approximate surface area is 175 Å². The smallest absolute Gasteiger partial charge is 0.199 e. The predicted octanol–water partition coefficient (Wildman–Crippen LogP) is 6.36. The molecule has 28 heavy (non-hydrogen) atoms. The molecule has 4 nitrogen and oxygen atoms in total. The average molecular weight is 450 g/mol. The molecule has 0 amide bonds. The SMILES string of the molecule is Cc1cc(Br)ccc1-n1c(-c2ccc(Cl)cc2)nc2nc3ccccc3nc21. The van der Waals surface area contributed by atoms with Crippen LogP contribution in [0.15, 0.2) is 71.2 Å². The van der Waals surface area contributed by atoms with Crippen LogP contribution in [0.3, 0.4) is 0 Å². The number of imidazole rings is 1. The first-order chi connectivity index (χ1) is 13.6. The molecule has 0 spiro atoms. The van der Waals surface area contributed by atoms with Crippen molar-refractivity contribution in [1.29, 1.82) is 0 Å². The number of hydrogen-bond acceptors (Lipinski definition) is 3. The summed E-state index contributed by atoms with van der Waals surface area (Å²) in [6, 6.07) is 21.7. The number of benzene rings is 3. The highest BCUT2D eigenvalue weighted by Crippen LogP contribution is 2.31. The van der Waals surface area contributed by atoms with Gasteiger partial charge in [0, 0.05) is 15.1 Å². The molecule has 0 aliphatic rings. The lowest BCUT2D eigenvalue weighted by molar-refractivity contribution is 1.06. The molecule has 2 aromatic heterocycles. The Morgan fingerprint density at radius 2 is 1.57 bits per heavy atom. The number of para-hydroxylation sites is 2. The Kier molecular flexibility index (Phi) is 4.14. The van der Waals surface area contributed by atoms with E-state index in [4.69, 9.17) is 26.6 Å². The molecule has 136 valence electrons. The van der Waals surface area contributed by atoms with Gasteiger partial charge in [-0.1, -0.05) is 39.7 Å². The van der Waals surface area contributed by atoms with E-state index in [-0.39, 0.29) is 0 Å². The summed E-state index contributed by atoms with van der Waals surface area (Å²) in [4.78, 5) is 14.5. The van der Waals surface area contributed by atoms with Gasteiger partial charge in [-0.2, -0.15) is 0 Å². The average Bonchev–Trinajstić information content (AvgIpc) is 3.05. The largest absolute Gasteiger partial charge is 0.275 e. The maximum atomic E-state index is 6.09. The molecule has 0 aliphatic heterocycles. The van der Waals surface area contributed by atoms with Gasteiger partial charge >= 0.3 is 0 Å². The standard InChI is InChI=1S/C22H14BrClN4/c1-13-12-15(23)8-11-19(13)28-21(14-6-9-16(24)10-7-14)27-20-22(28)26-18-5-3-2-4-17(18)25-20/h2-12H,1H3. The summed E-state index contributed by atoms with van der Waals surface area (Å²) in [6.07, 6.45) is 0. The molecular formula is C22H14BrClN4. The summed E-state index contributed by atoms with van der Waals surface area (Å²) in [5.74, 6) is 0.785. The molecule has 0 N–H and O–H groups in total. The Morgan fingerprint density at radius 1 is 0.857 bits per heavy atom. The summed E-state index contributed by atoms with van der Waals surface area (Å²) >= 11 is 9.64. The van der Waals surface area contributed by atoms with Crippen molar-refractivity contribution in [2.75, 3.05) is 0 Å². The van der Waals surface area contributed by atoms with Crippen LogP contribution >= 0.6 is 27.5 Å². The fourth-order valence-corrected chi connectivity index (χ4v) is 3.95. The van der Waals surface area contributed by atoms with E-state index in [1.54, 1.807) is 0 Å². The predicted molar refractivity (Wildman–Crippen MR) is 117 cm³/mol. The summed E-state index contributed by atoms with van der Waals surface area (Å²) < 4.78 is 3.10. The minimum atomic E-state index is 0.617. The van der Waals surface area contributed by atoms with E-state index in [1.165, 1.54) is 0 Å². The van der Waals surface area contributed by atoms with Gasteiger partial charge in [0.15, 0.2) is 11.3 Å². The molecule has 2 heterocycles. The van der Waals surface area contributed by atoms with Crippen LogP contribution in [0.4, 0.5) is 0 Å². The van der Waals surface area contributed by atoms with E-state index in [0.29, 0.717) is 10.7 Å². The quantitative estimate of drug-likeness (QED) is 0.315. The maximum Gasteiger partial charge on any atom is 0.199 e. The second-order valence-electron chi connectivity index (χ2n) is 6.57. The monoisotopic (exact) mass is 448 g/mol. The number of aryl methyl sites for hydroxylation is 1. The zero-order chi connectivity index (χ0) is 19.3. The lowest BCUT2D eigenvalue weighted by atomic mass is 10.1. The summed E-state index contributed by atoms with van der Waals surface area (Å²) in [5, 5.41) is 0.688. The summed E-state index contributed by atoms with van der Waals surface area (Å²) in [6.45, 7) is 2.08. The van der Waals surface area contributed by atoms with Gasteiger partial charge in [-0.05, 0) is 67.1 Å². The van der Waals surface area contributed by atoms with Crippen molar-refractivity contribution in [3.8, 4) is 17.1 Å². The van der Waals surface area contributed by atoms with E-state index in [2.05, 4.69) is 39.6 Å². The Balaban J connectivity index is 1.89. The van der Waals surface area contributed by atoms with Crippen molar-refractivity contribution in [1.82, 2.24) is 19.5 Å². The molecule has 0 fully saturated rings. The molecule has 6 heteroatoms. The third-order valence-electron chi connectivity index (χ3n) is 4.67. The van der Waals surface area contributed by atoms with Gasteiger partial charge in [-0.15, -0.1) is 0 Å². The topological polar surface area (TPSA) is 43.6 Å². The van der Waals surface area contributed by atoms with Gasteiger partial charge in [0.1, 0.15) is 5.82 Å². The second-order valence-corrected chi connectivity index (χ2v) is 7.92. The first kappa shape index (κ1) is 17.3. The van der Waals surface area contributed by atoms with E-state index in [1.807, 2.05) is 54.6 Å². The van der Waals surface area contributed by atoms with Crippen molar-refractivity contribution < 1.29 is 0 Å². The van der Waals surface area contributed by atoms with E-state index in [0.717, 1.165) is 43.8 Å². The number of rotatable bonds is 2. The third-order valence-corrected chi connectivity index (χ3v) is 5.42. The molecule has 0 atom stereocenters. The van der Waals surface area contributed by atoms with E-state index < -0.39 is 0 Å². The first-order valence-electron chi connectivity index (χ1n) is 8.78. The summed E-state index contributed by atoms with van der Waals surface area (Å²) in [7, 11) is 0. The van der Waals surface area contributed by atoms with Crippen LogP contribution in [-0.2, 0) is 0 Å². The summed E-state index contributed by atoms with van der Waals surface area (Å²) in [5.41, 5.74) is 6.10. The normalized spacial score (nSPS) is 11.4. The minimum absolute atomic E-state index is 0.617. The van der Waals surface area contributed by atoms with Crippen LogP contribution in [0, 0.1) is 6.92 Å². The van der Waals surface area contributed by atoms with Gasteiger partial charge in [-0.3, -0.25) is 4.57 Å². The van der Waals surface area contributed by atoms with Crippen LogP contribution in [0.25, 0.3) is 39.4 Å². The molecule has 0 radical (unpaired) electrons. The highest BCUT2D eigenvalue weighted by atomic mass is 79.9. The molecule has 0 bridgehead atoms. The Hall–Kier alpha value is -2.76. The van der Waals surface area contributed by atoms with Crippen LogP contribution < -0.4 is 0 Å². The molecule has 5 aromatic rings. The van der Waals surface area contributed by atoms with Gasteiger partial charge in [0.25, 0.3) is 0 Å².